The van der Waals surface area contributed by atoms with Crippen LogP contribution < -0.4 is 0 Å². The average Bonchev–Trinajstić information content (AvgIpc) is 3.92. The van der Waals surface area contributed by atoms with Crippen LogP contribution in [0.4, 0.5) is 0 Å². The van der Waals surface area contributed by atoms with Gasteiger partial charge in [0.15, 0.2) is 0 Å². The molecule has 0 N–H and O–H groups in total. The summed E-state index contributed by atoms with van der Waals surface area (Å²) in [4.78, 5) is 0. The van der Waals surface area contributed by atoms with Crippen LogP contribution in [0.1, 0.15) is 176 Å². The molecule has 0 saturated carbocycles. The van der Waals surface area contributed by atoms with Gasteiger partial charge < -0.3 is 0 Å². The summed E-state index contributed by atoms with van der Waals surface area (Å²) in [6, 6.07) is 59.0. The molecule has 0 aromatic heterocycles. The number of hydrogen-bond acceptors (Lipinski definition) is 0. The lowest BCUT2D eigenvalue weighted by Gasteiger charge is -2.33. The molecule has 0 bridgehead atoms. The number of fused-ring (bicyclic) bond motifs is 9. The van der Waals surface area contributed by atoms with E-state index in [1.54, 1.807) is 11.1 Å². The van der Waals surface area contributed by atoms with E-state index in [0.29, 0.717) is 0 Å². The zero-order valence-electron chi connectivity index (χ0n) is 45.7. The summed E-state index contributed by atoms with van der Waals surface area (Å²) in [5.74, 6) is 0. The van der Waals surface area contributed by atoms with Crippen LogP contribution in [-0.2, 0) is 16.2 Å². The lowest BCUT2D eigenvalue weighted by Crippen LogP contribution is -2.25. The Labute approximate surface area is 449 Å². The van der Waals surface area contributed by atoms with Crippen LogP contribution in [-0.4, -0.2) is 0 Å². The standard InChI is InChI=1S/C73H77Cl/c1-9-11-13-15-17-21-39-73(40-22-18-16-14-12-10-2)64-24-20-19-23-58(64)63-38-30-54(47-69(63)73)53-29-36-60-59-34-27-51(43-65(59)71(5,6)67(60)45-53)52-28-35-61-62-37-31-55(46-68(62)72(7,8)66(61)44-52)56-41-48(3)70(49(4)42-56)50-25-32-57(74)33-26-50/h19-20,23-38,41-47H,9-18,21-22,39-40H2,1-8H3. The first-order valence-electron chi connectivity index (χ1n) is 28.6. The highest BCUT2D eigenvalue weighted by Gasteiger charge is 2.43. The molecule has 3 aliphatic carbocycles. The van der Waals surface area contributed by atoms with Gasteiger partial charge in [0.05, 0.1) is 0 Å². The first-order chi connectivity index (χ1) is 35.8. The van der Waals surface area contributed by atoms with Gasteiger partial charge in [-0.05, 0) is 192 Å². The summed E-state index contributed by atoms with van der Waals surface area (Å²) in [6.45, 7) is 18.8. The second-order valence-corrected chi connectivity index (χ2v) is 24.1. The predicted molar refractivity (Wildman–Crippen MR) is 320 cm³/mol. The van der Waals surface area contributed by atoms with E-state index < -0.39 is 0 Å². The van der Waals surface area contributed by atoms with E-state index in [-0.39, 0.29) is 16.2 Å². The molecule has 1 heteroatoms. The molecule has 0 unspecified atom stereocenters. The van der Waals surface area contributed by atoms with E-state index in [9.17, 15) is 0 Å². The van der Waals surface area contributed by atoms with Crippen molar-refractivity contribution in [2.75, 3.05) is 0 Å². The normalized spacial score (nSPS) is 14.8. The fourth-order valence-corrected chi connectivity index (χ4v) is 14.2. The molecular weight excluding hydrogens is 912 g/mol. The second kappa shape index (κ2) is 20.3. The fourth-order valence-electron chi connectivity index (χ4n) is 14.1. The van der Waals surface area contributed by atoms with Crippen LogP contribution in [0.3, 0.4) is 0 Å². The Hall–Kier alpha value is -5.95. The zero-order valence-corrected chi connectivity index (χ0v) is 46.5. The average molecular weight is 990 g/mol. The predicted octanol–water partition coefficient (Wildman–Crippen LogP) is 22.0. The van der Waals surface area contributed by atoms with Crippen molar-refractivity contribution in [3.05, 3.63) is 201 Å². The van der Waals surface area contributed by atoms with Crippen molar-refractivity contribution in [3.63, 3.8) is 0 Å². The van der Waals surface area contributed by atoms with Gasteiger partial charge in [0, 0.05) is 21.3 Å². The molecule has 0 spiro atoms. The van der Waals surface area contributed by atoms with Crippen molar-refractivity contribution in [2.24, 2.45) is 0 Å². The maximum Gasteiger partial charge on any atom is 0.0406 e. The van der Waals surface area contributed by atoms with E-state index >= 15 is 0 Å². The molecular formula is C73H77Cl. The van der Waals surface area contributed by atoms with Crippen LogP contribution in [0.15, 0.2) is 152 Å². The molecule has 0 heterocycles. The summed E-state index contributed by atoms with van der Waals surface area (Å²) in [5.41, 5.74) is 29.8. The number of benzene rings is 8. The van der Waals surface area contributed by atoms with Gasteiger partial charge in [-0.2, -0.15) is 0 Å². The molecule has 0 aliphatic heterocycles. The first-order valence-corrected chi connectivity index (χ1v) is 28.9. The van der Waals surface area contributed by atoms with Gasteiger partial charge in [-0.15, -0.1) is 0 Å². The molecule has 0 fully saturated rings. The zero-order chi connectivity index (χ0) is 51.4. The lowest BCUT2D eigenvalue weighted by atomic mass is 9.70. The number of aryl methyl sites for hydroxylation is 2. The van der Waals surface area contributed by atoms with Gasteiger partial charge in [-0.3, -0.25) is 0 Å². The third-order valence-corrected chi connectivity index (χ3v) is 18.5. The van der Waals surface area contributed by atoms with Crippen molar-refractivity contribution in [2.45, 2.75) is 162 Å². The molecule has 3 aliphatic rings. The first kappa shape index (κ1) is 50.2. The van der Waals surface area contributed by atoms with E-state index in [2.05, 4.69) is 195 Å². The van der Waals surface area contributed by atoms with Crippen LogP contribution in [0, 0.1) is 13.8 Å². The molecule has 376 valence electrons. The van der Waals surface area contributed by atoms with E-state index in [0.717, 1.165) is 5.02 Å². The molecule has 0 amide bonds. The molecule has 0 atom stereocenters. The summed E-state index contributed by atoms with van der Waals surface area (Å²) < 4.78 is 0. The van der Waals surface area contributed by atoms with Gasteiger partial charge >= 0.3 is 0 Å². The Morgan fingerprint density at radius 2 is 0.662 bits per heavy atom. The lowest BCUT2D eigenvalue weighted by molar-refractivity contribution is 0.398. The number of hydrogen-bond donors (Lipinski definition) is 0. The highest BCUT2D eigenvalue weighted by molar-refractivity contribution is 6.30. The van der Waals surface area contributed by atoms with Crippen LogP contribution in [0.2, 0.25) is 5.02 Å². The van der Waals surface area contributed by atoms with Crippen molar-refractivity contribution in [3.8, 4) is 77.9 Å². The molecule has 0 radical (unpaired) electrons. The SMILES string of the molecule is CCCCCCCCC1(CCCCCCCC)c2ccccc2-c2ccc(-c3ccc4c(c3)C(C)(C)c3cc(-c5ccc6c(c5)C(C)(C)c5cc(-c7cc(C)c(-c8ccc(Cl)cc8)c(C)c7)ccc5-6)ccc3-4)cc21. The summed E-state index contributed by atoms with van der Waals surface area (Å²) in [5, 5.41) is 0.766. The van der Waals surface area contributed by atoms with Gasteiger partial charge in [0.25, 0.3) is 0 Å². The smallest absolute Gasteiger partial charge is 0.0406 e. The minimum Gasteiger partial charge on any atom is -0.0843 e. The largest absolute Gasteiger partial charge is 0.0843 e. The van der Waals surface area contributed by atoms with Crippen molar-refractivity contribution in [1.82, 2.24) is 0 Å². The minimum absolute atomic E-state index is 0.0728. The topological polar surface area (TPSA) is 0 Å². The Kier molecular flexibility index (Phi) is 13.8. The molecule has 8 aromatic carbocycles. The third-order valence-electron chi connectivity index (χ3n) is 18.2. The Morgan fingerprint density at radius 1 is 0.324 bits per heavy atom. The van der Waals surface area contributed by atoms with Gasteiger partial charge in [-0.25, -0.2) is 0 Å². The van der Waals surface area contributed by atoms with Crippen LogP contribution in [0.25, 0.3) is 77.9 Å². The Morgan fingerprint density at radius 3 is 1.09 bits per heavy atom. The summed E-state index contributed by atoms with van der Waals surface area (Å²) in [6.07, 6.45) is 18.5. The summed E-state index contributed by atoms with van der Waals surface area (Å²) >= 11 is 6.26. The number of rotatable bonds is 18. The third kappa shape index (κ3) is 8.82. The minimum atomic E-state index is -0.144. The maximum absolute atomic E-state index is 6.26. The summed E-state index contributed by atoms with van der Waals surface area (Å²) in [7, 11) is 0. The number of unbranched alkanes of at least 4 members (excludes halogenated alkanes) is 10. The van der Waals surface area contributed by atoms with Gasteiger partial charge in [0.1, 0.15) is 0 Å². The van der Waals surface area contributed by atoms with E-state index in [1.165, 1.54) is 201 Å². The van der Waals surface area contributed by atoms with Crippen molar-refractivity contribution < 1.29 is 0 Å². The molecule has 0 saturated heterocycles. The molecule has 11 rings (SSSR count). The Balaban J connectivity index is 0.875. The highest BCUT2D eigenvalue weighted by Crippen LogP contribution is 2.57. The molecule has 0 nitrogen and oxygen atoms in total. The van der Waals surface area contributed by atoms with Gasteiger partial charge in [0.2, 0.25) is 0 Å². The van der Waals surface area contributed by atoms with Crippen LogP contribution in [0.5, 0.6) is 0 Å². The highest BCUT2D eigenvalue weighted by atomic mass is 35.5. The van der Waals surface area contributed by atoms with E-state index in [4.69, 9.17) is 11.6 Å². The van der Waals surface area contributed by atoms with Crippen LogP contribution >= 0.6 is 11.6 Å². The molecule has 74 heavy (non-hydrogen) atoms. The number of halogens is 1. The van der Waals surface area contributed by atoms with Crippen molar-refractivity contribution >= 4 is 11.6 Å². The van der Waals surface area contributed by atoms with Crippen molar-refractivity contribution in [1.29, 1.82) is 0 Å². The maximum atomic E-state index is 6.26. The Bertz CT molecular complexity index is 3350. The fraction of sp³-hybridized carbons (Fsp3) is 0.342. The quantitative estimate of drug-likeness (QED) is 0.0752. The van der Waals surface area contributed by atoms with Gasteiger partial charge in [-0.1, -0.05) is 239 Å². The molecule has 8 aromatic rings. The monoisotopic (exact) mass is 989 g/mol. The second-order valence-electron chi connectivity index (χ2n) is 23.7. The van der Waals surface area contributed by atoms with E-state index in [1.807, 2.05) is 12.1 Å².